The Balaban J connectivity index is 2.23. The van der Waals surface area contributed by atoms with Gasteiger partial charge in [0.2, 0.25) is 0 Å². The van der Waals surface area contributed by atoms with Crippen LogP contribution >= 0.6 is 15.9 Å². The predicted octanol–water partition coefficient (Wildman–Crippen LogP) is 4.06. The van der Waals surface area contributed by atoms with E-state index in [1.807, 2.05) is 0 Å². The van der Waals surface area contributed by atoms with Gasteiger partial charge in [-0.15, -0.1) is 0 Å². The Morgan fingerprint density at radius 3 is 2.35 bits per heavy atom. The molecular weight excluding hydrogens is 314 g/mol. The summed E-state index contributed by atoms with van der Waals surface area (Å²) in [6.45, 7) is 10.7. The number of hydrogen-bond acceptors (Lipinski definition) is 2. The van der Waals surface area contributed by atoms with Gasteiger partial charge < -0.3 is 5.73 Å². The van der Waals surface area contributed by atoms with Crippen LogP contribution in [0.4, 0.5) is 0 Å². The van der Waals surface area contributed by atoms with Crippen LogP contribution in [0.3, 0.4) is 0 Å². The topological polar surface area (TPSA) is 43.8 Å². The monoisotopic (exact) mass is 341 g/mol. The summed E-state index contributed by atoms with van der Waals surface area (Å²) in [6.07, 6.45) is 6.07. The molecule has 0 amide bonds. The van der Waals surface area contributed by atoms with Crippen molar-refractivity contribution in [2.75, 3.05) is 6.54 Å². The molecule has 0 bridgehead atoms. The largest absolute Gasteiger partial charge is 0.330 e. The highest BCUT2D eigenvalue weighted by molar-refractivity contribution is 9.10. The van der Waals surface area contributed by atoms with E-state index < -0.39 is 0 Å². The molecule has 114 valence electrons. The maximum absolute atomic E-state index is 6.18. The molecule has 0 radical (unpaired) electrons. The number of aromatic nitrogens is 2. The Morgan fingerprint density at radius 1 is 1.25 bits per heavy atom. The molecule has 2 N–H and O–H groups in total. The lowest BCUT2D eigenvalue weighted by Gasteiger charge is -2.43. The van der Waals surface area contributed by atoms with Gasteiger partial charge in [0.25, 0.3) is 0 Å². The molecule has 0 spiro atoms. The Morgan fingerprint density at radius 2 is 1.85 bits per heavy atom. The number of nitrogens with zero attached hydrogens (tertiary/aromatic N) is 2. The highest BCUT2D eigenvalue weighted by atomic mass is 79.9. The number of halogens is 1. The Kier molecular flexibility index (Phi) is 4.65. The zero-order chi connectivity index (χ0) is 15.0. The molecule has 1 aromatic heterocycles. The van der Waals surface area contributed by atoms with Gasteiger partial charge in [-0.3, -0.25) is 4.68 Å². The van der Waals surface area contributed by atoms with Crippen molar-refractivity contribution in [1.29, 1.82) is 0 Å². The van der Waals surface area contributed by atoms with Crippen LogP contribution in [0.5, 0.6) is 0 Å². The third-order valence-corrected chi connectivity index (χ3v) is 6.12. The third-order valence-electron chi connectivity index (χ3n) is 5.09. The summed E-state index contributed by atoms with van der Waals surface area (Å²) in [4.78, 5) is 0. The molecule has 0 aliphatic heterocycles. The summed E-state index contributed by atoms with van der Waals surface area (Å²) in [7, 11) is 0. The Hall–Kier alpha value is -0.350. The van der Waals surface area contributed by atoms with Gasteiger partial charge in [0, 0.05) is 6.54 Å². The number of rotatable bonds is 4. The second kappa shape index (κ2) is 5.80. The van der Waals surface area contributed by atoms with Gasteiger partial charge in [-0.2, -0.15) is 5.10 Å². The summed E-state index contributed by atoms with van der Waals surface area (Å²) in [5.41, 5.74) is 9.34. The average Bonchev–Trinajstić information content (AvgIpc) is 2.69. The van der Waals surface area contributed by atoms with E-state index in [-0.39, 0.29) is 5.41 Å². The molecule has 3 nitrogen and oxygen atoms in total. The lowest BCUT2D eigenvalue weighted by atomic mass is 9.63. The molecule has 0 atom stereocenters. The van der Waals surface area contributed by atoms with Gasteiger partial charge in [0.1, 0.15) is 0 Å². The van der Waals surface area contributed by atoms with Crippen molar-refractivity contribution < 1.29 is 0 Å². The molecule has 20 heavy (non-hydrogen) atoms. The molecule has 1 aliphatic rings. The molecule has 2 rings (SSSR count). The van der Waals surface area contributed by atoms with Crippen LogP contribution < -0.4 is 5.73 Å². The number of aryl methyl sites for hydroxylation is 2. The minimum Gasteiger partial charge on any atom is -0.330 e. The van der Waals surface area contributed by atoms with Crippen LogP contribution in [0.2, 0.25) is 0 Å². The van der Waals surface area contributed by atoms with Crippen molar-refractivity contribution in [3.63, 3.8) is 0 Å². The van der Waals surface area contributed by atoms with Crippen LogP contribution in [-0.4, -0.2) is 16.3 Å². The summed E-state index contributed by atoms with van der Waals surface area (Å²) in [6, 6.07) is 0. The minimum absolute atomic E-state index is 0.261. The third kappa shape index (κ3) is 3.11. The van der Waals surface area contributed by atoms with Gasteiger partial charge >= 0.3 is 0 Å². The van der Waals surface area contributed by atoms with E-state index in [0.717, 1.165) is 25.2 Å². The van der Waals surface area contributed by atoms with Crippen molar-refractivity contribution in [1.82, 2.24) is 9.78 Å². The summed E-state index contributed by atoms with van der Waals surface area (Å²) >= 11 is 3.72. The van der Waals surface area contributed by atoms with Crippen LogP contribution in [0.15, 0.2) is 4.47 Å². The zero-order valence-corrected chi connectivity index (χ0v) is 14.9. The van der Waals surface area contributed by atoms with Crippen molar-refractivity contribution in [2.45, 2.75) is 66.3 Å². The summed E-state index contributed by atoms with van der Waals surface area (Å²) in [5.74, 6) is 0. The Labute approximate surface area is 131 Å². The first-order chi connectivity index (χ1) is 9.32. The maximum atomic E-state index is 6.18. The van der Waals surface area contributed by atoms with Gasteiger partial charge in [0.15, 0.2) is 0 Å². The fourth-order valence-electron chi connectivity index (χ4n) is 3.30. The van der Waals surface area contributed by atoms with Crippen molar-refractivity contribution >= 4 is 15.9 Å². The lowest BCUT2D eigenvalue weighted by molar-refractivity contribution is 0.106. The summed E-state index contributed by atoms with van der Waals surface area (Å²) < 4.78 is 3.31. The number of nitrogens with two attached hydrogens (primary N) is 1. The lowest BCUT2D eigenvalue weighted by Crippen LogP contribution is -2.39. The average molecular weight is 342 g/mol. The van der Waals surface area contributed by atoms with Gasteiger partial charge in [-0.25, -0.2) is 0 Å². The molecule has 0 unspecified atom stereocenters. The molecule has 1 saturated carbocycles. The molecule has 0 saturated heterocycles. The van der Waals surface area contributed by atoms with Crippen LogP contribution in [0, 0.1) is 17.8 Å². The fraction of sp³-hybridized carbons (Fsp3) is 0.812. The van der Waals surface area contributed by atoms with E-state index in [1.54, 1.807) is 0 Å². The normalized spacial score (nSPS) is 21.1. The standard InChI is InChI=1S/C16H28BrN3/c1-5-20-13(14(17)12(2)19-20)10-16(11-18)8-6-15(3,4)7-9-16/h5-11,18H2,1-4H3. The fourth-order valence-corrected chi connectivity index (χ4v) is 3.73. The second-order valence-corrected chi connectivity index (χ2v) is 8.00. The van der Waals surface area contributed by atoms with Gasteiger partial charge in [0.05, 0.1) is 15.9 Å². The highest BCUT2D eigenvalue weighted by Gasteiger charge is 2.38. The first-order valence-electron chi connectivity index (χ1n) is 7.74. The molecule has 1 aromatic rings. The highest BCUT2D eigenvalue weighted by Crippen LogP contribution is 2.46. The molecule has 0 aromatic carbocycles. The Bertz CT molecular complexity index is 466. The van der Waals surface area contributed by atoms with Gasteiger partial charge in [-0.05, 0) is 79.3 Å². The smallest absolute Gasteiger partial charge is 0.0738 e. The minimum atomic E-state index is 0.261. The maximum Gasteiger partial charge on any atom is 0.0738 e. The van der Waals surface area contributed by atoms with Crippen LogP contribution in [0.1, 0.15) is 57.8 Å². The van der Waals surface area contributed by atoms with Crippen molar-refractivity contribution in [2.24, 2.45) is 16.6 Å². The van der Waals surface area contributed by atoms with E-state index in [1.165, 1.54) is 35.8 Å². The molecule has 1 heterocycles. The van der Waals surface area contributed by atoms with E-state index in [9.17, 15) is 0 Å². The molecular formula is C16H28BrN3. The van der Waals surface area contributed by atoms with Crippen molar-refractivity contribution in [3.8, 4) is 0 Å². The van der Waals surface area contributed by atoms with Gasteiger partial charge in [-0.1, -0.05) is 13.8 Å². The SMILES string of the molecule is CCn1nc(C)c(Br)c1CC1(CN)CCC(C)(C)CC1. The van der Waals surface area contributed by atoms with E-state index >= 15 is 0 Å². The van der Waals surface area contributed by atoms with Crippen molar-refractivity contribution in [3.05, 3.63) is 15.9 Å². The first-order valence-corrected chi connectivity index (χ1v) is 8.54. The van der Waals surface area contributed by atoms with E-state index in [4.69, 9.17) is 5.73 Å². The first kappa shape index (κ1) is 16.0. The van der Waals surface area contributed by atoms with E-state index in [0.29, 0.717) is 5.41 Å². The summed E-state index contributed by atoms with van der Waals surface area (Å²) in [5, 5.41) is 4.62. The predicted molar refractivity (Wildman–Crippen MR) is 87.8 cm³/mol. The van der Waals surface area contributed by atoms with E-state index in [2.05, 4.69) is 53.4 Å². The van der Waals surface area contributed by atoms with Crippen LogP contribution in [-0.2, 0) is 13.0 Å². The van der Waals surface area contributed by atoms with Crippen LogP contribution in [0.25, 0.3) is 0 Å². The molecule has 4 heteroatoms. The quantitative estimate of drug-likeness (QED) is 0.897. The molecule has 1 aliphatic carbocycles. The molecule has 1 fully saturated rings. The zero-order valence-electron chi connectivity index (χ0n) is 13.3. The number of hydrogen-bond donors (Lipinski definition) is 1. The second-order valence-electron chi connectivity index (χ2n) is 7.21.